The van der Waals surface area contributed by atoms with E-state index in [1.165, 1.54) is 31.3 Å². The van der Waals surface area contributed by atoms with E-state index < -0.39 is 8.32 Å². The van der Waals surface area contributed by atoms with Crippen molar-refractivity contribution in [2.45, 2.75) is 104 Å². The molecule has 0 bridgehead atoms. The zero-order valence-electron chi connectivity index (χ0n) is 18.4. The first-order valence-electron chi connectivity index (χ1n) is 10.7. The van der Waals surface area contributed by atoms with Gasteiger partial charge in [0, 0.05) is 0 Å². The first kappa shape index (κ1) is 20.3. The summed E-state index contributed by atoms with van der Waals surface area (Å²) in [6.45, 7) is 18.8. The fourth-order valence-corrected chi connectivity index (χ4v) is 7.33. The van der Waals surface area contributed by atoms with Gasteiger partial charge in [-0.2, -0.15) is 0 Å². The predicted molar refractivity (Wildman–Crippen MR) is 112 cm³/mol. The van der Waals surface area contributed by atoms with Crippen LogP contribution in [0.2, 0.25) is 18.1 Å². The Kier molecular flexibility index (Phi) is 4.93. The van der Waals surface area contributed by atoms with Gasteiger partial charge in [-0.25, -0.2) is 0 Å². The van der Waals surface area contributed by atoms with Gasteiger partial charge in [-0.05, 0) is 79.0 Å². The lowest BCUT2D eigenvalue weighted by Crippen LogP contribution is -2.53. The second-order valence-corrected chi connectivity index (χ2v) is 16.5. The van der Waals surface area contributed by atoms with Crippen molar-refractivity contribution in [2.75, 3.05) is 0 Å². The fraction of sp³-hybridized carbons (Fsp3) is 0.870. The van der Waals surface area contributed by atoms with Crippen molar-refractivity contribution in [3.63, 3.8) is 0 Å². The van der Waals surface area contributed by atoms with E-state index in [4.69, 9.17) is 4.43 Å². The molecule has 0 aromatic carbocycles. The minimum absolute atomic E-state index is 0.142. The van der Waals surface area contributed by atoms with E-state index in [2.05, 4.69) is 54.6 Å². The minimum Gasteiger partial charge on any atom is -0.407 e. The van der Waals surface area contributed by atoms with Gasteiger partial charge in [0.15, 0.2) is 14.1 Å². The van der Waals surface area contributed by atoms with E-state index in [1.54, 1.807) is 0 Å². The van der Waals surface area contributed by atoms with Crippen molar-refractivity contribution < 1.29 is 9.22 Å². The number of allylic oxidation sites excluding steroid dienone is 1. The molecule has 0 heterocycles. The van der Waals surface area contributed by atoms with Gasteiger partial charge < -0.3 is 4.43 Å². The van der Waals surface area contributed by atoms with Crippen LogP contribution >= 0.6 is 0 Å². The number of carbonyl (C=O) groups excluding carboxylic acids is 1. The van der Waals surface area contributed by atoms with Crippen LogP contribution < -0.4 is 0 Å². The second-order valence-electron chi connectivity index (χ2n) is 11.7. The first-order chi connectivity index (χ1) is 11.8. The summed E-state index contributed by atoms with van der Waals surface area (Å²) in [6, 6.07) is 0. The molecule has 0 aromatic rings. The van der Waals surface area contributed by atoms with Crippen LogP contribution in [0.15, 0.2) is 11.6 Å². The maximum Gasteiger partial charge on any atom is 0.193 e. The largest absolute Gasteiger partial charge is 0.407 e. The Labute approximate surface area is 162 Å². The Morgan fingerprint density at radius 2 is 1.81 bits per heavy atom. The summed E-state index contributed by atoms with van der Waals surface area (Å²) in [7, 11) is -1.94. The Morgan fingerprint density at radius 1 is 1.15 bits per heavy atom. The lowest BCUT2D eigenvalue weighted by Gasteiger charge is -2.59. The minimum atomic E-state index is -1.94. The Morgan fingerprint density at radius 3 is 2.42 bits per heavy atom. The van der Waals surface area contributed by atoms with Crippen LogP contribution in [0.5, 0.6) is 0 Å². The number of hydrogen-bond acceptors (Lipinski definition) is 2. The summed E-state index contributed by atoms with van der Waals surface area (Å²) >= 11 is 0. The Bertz CT molecular complexity index is 610. The third-order valence-corrected chi connectivity index (χ3v) is 13.1. The highest BCUT2D eigenvalue weighted by Crippen LogP contribution is 2.62. The van der Waals surface area contributed by atoms with Crippen molar-refractivity contribution in [1.82, 2.24) is 0 Å². The average molecular weight is 377 g/mol. The number of hydrogen-bond donors (Lipinski definition) is 0. The molecule has 2 nitrogen and oxygen atoms in total. The van der Waals surface area contributed by atoms with Crippen LogP contribution in [0.3, 0.4) is 0 Å². The van der Waals surface area contributed by atoms with Gasteiger partial charge in [-0.15, -0.1) is 0 Å². The van der Waals surface area contributed by atoms with E-state index in [0.717, 1.165) is 18.8 Å². The van der Waals surface area contributed by atoms with E-state index in [-0.39, 0.29) is 16.9 Å². The fourth-order valence-electron chi connectivity index (χ4n) is 6.05. The highest BCUT2D eigenvalue weighted by molar-refractivity contribution is 6.74. The summed E-state index contributed by atoms with van der Waals surface area (Å²) in [6.07, 6.45) is 9.05. The van der Waals surface area contributed by atoms with Gasteiger partial charge in [0.1, 0.15) is 6.10 Å². The molecule has 3 aliphatic carbocycles. The molecule has 0 aliphatic heterocycles. The lowest BCUT2D eigenvalue weighted by atomic mass is 9.46. The van der Waals surface area contributed by atoms with Gasteiger partial charge in [-0.3, -0.25) is 4.79 Å². The maximum atomic E-state index is 12.9. The van der Waals surface area contributed by atoms with Crippen LogP contribution in [-0.2, 0) is 9.22 Å². The van der Waals surface area contributed by atoms with Crippen LogP contribution in [0.4, 0.5) is 0 Å². The smallest absolute Gasteiger partial charge is 0.193 e. The molecule has 148 valence electrons. The quantitative estimate of drug-likeness (QED) is 0.513. The number of rotatable bonds is 2. The van der Waals surface area contributed by atoms with E-state index in [9.17, 15) is 4.79 Å². The van der Waals surface area contributed by atoms with Gasteiger partial charge >= 0.3 is 0 Å². The van der Waals surface area contributed by atoms with Crippen molar-refractivity contribution >= 4 is 14.1 Å². The molecule has 0 N–H and O–H groups in total. The summed E-state index contributed by atoms with van der Waals surface area (Å²) < 4.78 is 6.63. The van der Waals surface area contributed by atoms with Crippen molar-refractivity contribution in [2.24, 2.45) is 22.7 Å². The molecule has 0 amide bonds. The van der Waals surface area contributed by atoms with Crippen LogP contribution in [-0.4, -0.2) is 20.2 Å². The summed E-state index contributed by atoms with van der Waals surface area (Å²) in [4.78, 5) is 12.9. The molecule has 2 saturated carbocycles. The van der Waals surface area contributed by atoms with Crippen molar-refractivity contribution in [3.05, 3.63) is 11.6 Å². The second kappa shape index (κ2) is 6.30. The SMILES string of the molecule is CC1(C)CCC[C@]2(C)[C@H]3C[C@H](O[Si](C)(C)C(C)(C)C)C(=O)C=C3CC[C@@H]12. The maximum absolute atomic E-state index is 12.9. The van der Waals surface area contributed by atoms with Crippen molar-refractivity contribution in [3.8, 4) is 0 Å². The normalized spacial score (nSPS) is 37.6. The highest BCUT2D eigenvalue weighted by Gasteiger charge is 2.55. The van der Waals surface area contributed by atoms with E-state index >= 15 is 0 Å². The standard InChI is InChI=1S/C23H40O2Si/c1-21(2,3)26(7,8)25-19-15-17-16(14-18(19)24)10-11-20-22(4,5)12-9-13-23(17,20)6/h14,17,19-20H,9-13,15H2,1-8H3/t17-,19-,20-,23+/m0/s1. The van der Waals surface area contributed by atoms with Crippen LogP contribution in [0.1, 0.15) is 80.1 Å². The average Bonchev–Trinajstić information content (AvgIpc) is 2.46. The summed E-state index contributed by atoms with van der Waals surface area (Å²) in [5.74, 6) is 1.54. The van der Waals surface area contributed by atoms with Gasteiger partial charge in [0.05, 0.1) is 0 Å². The van der Waals surface area contributed by atoms with Gasteiger partial charge in [0.25, 0.3) is 0 Å². The molecule has 0 unspecified atom stereocenters. The molecule has 0 radical (unpaired) electrons. The highest BCUT2D eigenvalue weighted by atomic mass is 28.4. The third-order valence-electron chi connectivity index (χ3n) is 8.58. The Balaban J connectivity index is 1.89. The molecule has 26 heavy (non-hydrogen) atoms. The van der Waals surface area contributed by atoms with Crippen LogP contribution in [0.25, 0.3) is 0 Å². The third kappa shape index (κ3) is 3.28. The molecule has 3 aliphatic rings. The number of carbonyl (C=O) groups is 1. The Hall–Kier alpha value is -0.413. The zero-order chi connectivity index (χ0) is 19.5. The molecular weight excluding hydrogens is 336 g/mol. The lowest BCUT2D eigenvalue weighted by molar-refractivity contribution is -0.126. The summed E-state index contributed by atoms with van der Waals surface area (Å²) in [5.41, 5.74) is 2.19. The van der Waals surface area contributed by atoms with E-state index in [0.29, 0.717) is 16.7 Å². The first-order valence-corrected chi connectivity index (χ1v) is 13.6. The van der Waals surface area contributed by atoms with Crippen LogP contribution in [0, 0.1) is 22.7 Å². The molecular formula is C23H40O2Si. The number of fused-ring (bicyclic) bond motifs is 3. The zero-order valence-corrected chi connectivity index (χ0v) is 19.4. The van der Waals surface area contributed by atoms with Crippen molar-refractivity contribution in [1.29, 1.82) is 0 Å². The molecule has 0 aromatic heterocycles. The molecule has 0 spiro atoms. The molecule has 2 fully saturated rings. The molecule has 4 atom stereocenters. The topological polar surface area (TPSA) is 26.3 Å². The molecule has 0 saturated heterocycles. The molecule has 3 heteroatoms. The van der Waals surface area contributed by atoms with E-state index in [1.807, 2.05) is 6.08 Å². The van der Waals surface area contributed by atoms with Gasteiger partial charge in [0.2, 0.25) is 0 Å². The monoisotopic (exact) mass is 376 g/mol. The number of ketones is 1. The molecule has 3 rings (SSSR count). The predicted octanol–water partition coefficient (Wildman–Crippen LogP) is 6.52. The van der Waals surface area contributed by atoms with Gasteiger partial charge in [-0.1, -0.05) is 53.5 Å². The summed E-state index contributed by atoms with van der Waals surface area (Å²) in [5, 5.41) is 0.142.